The SMILES string of the molecule is O=C1CCC2CN(CCC3CCNCC3)CCN12. The van der Waals surface area contributed by atoms with Crippen molar-refractivity contribution in [2.24, 2.45) is 5.92 Å². The highest BCUT2D eigenvalue weighted by atomic mass is 16.2. The molecule has 0 radical (unpaired) electrons. The van der Waals surface area contributed by atoms with Crippen LogP contribution in [0.3, 0.4) is 0 Å². The molecule has 0 saturated carbocycles. The predicted molar refractivity (Wildman–Crippen MR) is 71.4 cm³/mol. The normalized spacial score (nSPS) is 30.8. The number of nitrogens with one attached hydrogen (secondary N) is 1. The van der Waals surface area contributed by atoms with Crippen molar-refractivity contribution in [3.63, 3.8) is 0 Å². The Morgan fingerprint density at radius 3 is 2.83 bits per heavy atom. The molecule has 3 rings (SSSR count). The van der Waals surface area contributed by atoms with Gasteiger partial charge in [-0.25, -0.2) is 0 Å². The van der Waals surface area contributed by atoms with Crippen LogP contribution in [0.5, 0.6) is 0 Å². The van der Waals surface area contributed by atoms with Gasteiger partial charge in [0.25, 0.3) is 0 Å². The number of carbonyl (C=O) groups is 1. The second-order valence-electron chi connectivity index (χ2n) is 6.06. The summed E-state index contributed by atoms with van der Waals surface area (Å²) in [6, 6.07) is 0.527. The van der Waals surface area contributed by atoms with Gasteiger partial charge in [-0.1, -0.05) is 0 Å². The molecule has 0 aromatic rings. The van der Waals surface area contributed by atoms with Crippen molar-refractivity contribution in [3.8, 4) is 0 Å². The maximum atomic E-state index is 11.6. The quantitative estimate of drug-likeness (QED) is 0.801. The van der Waals surface area contributed by atoms with Crippen LogP contribution >= 0.6 is 0 Å². The zero-order valence-electron chi connectivity index (χ0n) is 11.2. The highest BCUT2D eigenvalue weighted by Crippen LogP contribution is 2.24. The van der Waals surface area contributed by atoms with Gasteiger partial charge in [-0.2, -0.15) is 0 Å². The fraction of sp³-hybridized carbons (Fsp3) is 0.929. The van der Waals surface area contributed by atoms with E-state index in [4.69, 9.17) is 0 Å². The van der Waals surface area contributed by atoms with Gasteiger partial charge in [0.05, 0.1) is 0 Å². The Bertz CT molecular complexity index is 301. The summed E-state index contributed by atoms with van der Waals surface area (Å²) in [4.78, 5) is 16.3. The number of nitrogens with zero attached hydrogens (tertiary/aromatic N) is 2. The van der Waals surface area contributed by atoms with Crippen LogP contribution < -0.4 is 5.32 Å². The van der Waals surface area contributed by atoms with Crippen molar-refractivity contribution < 1.29 is 4.79 Å². The lowest BCUT2D eigenvalue weighted by atomic mass is 9.94. The monoisotopic (exact) mass is 251 g/mol. The molecule has 1 amide bonds. The fourth-order valence-electron chi connectivity index (χ4n) is 3.67. The van der Waals surface area contributed by atoms with E-state index in [1.54, 1.807) is 0 Å². The first kappa shape index (κ1) is 12.4. The first-order valence-electron chi connectivity index (χ1n) is 7.55. The largest absolute Gasteiger partial charge is 0.337 e. The molecule has 1 unspecified atom stereocenters. The van der Waals surface area contributed by atoms with Crippen molar-refractivity contribution in [3.05, 3.63) is 0 Å². The van der Waals surface area contributed by atoms with Gasteiger partial charge in [-0.05, 0) is 51.2 Å². The number of amides is 1. The highest BCUT2D eigenvalue weighted by Gasteiger charge is 2.35. The molecule has 102 valence electrons. The third-order valence-corrected chi connectivity index (χ3v) is 4.89. The average Bonchev–Trinajstić information content (AvgIpc) is 2.79. The van der Waals surface area contributed by atoms with Crippen molar-refractivity contribution in [1.29, 1.82) is 0 Å². The van der Waals surface area contributed by atoms with Crippen molar-refractivity contribution >= 4 is 5.91 Å². The van der Waals surface area contributed by atoms with E-state index in [9.17, 15) is 4.79 Å². The smallest absolute Gasteiger partial charge is 0.222 e. The summed E-state index contributed by atoms with van der Waals surface area (Å²) in [6.45, 7) is 6.83. The Kier molecular flexibility index (Phi) is 3.85. The Morgan fingerprint density at radius 2 is 2.00 bits per heavy atom. The summed E-state index contributed by atoms with van der Waals surface area (Å²) >= 11 is 0. The molecule has 0 aromatic heterocycles. The van der Waals surface area contributed by atoms with Crippen LogP contribution in [0.1, 0.15) is 32.1 Å². The molecular weight excluding hydrogens is 226 g/mol. The molecule has 1 atom stereocenters. The van der Waals surface area contributed by atoms with Gasteiger partial charge in [0.2, 0.25) is 5.91 Å². The first-order chi connectivity index (χ1) is 8.83. The summed E-state index contributed by atoms with van der Waals surface area (Å²) in [6.07, 6.45) is 5.92. The van der Waals surface area contributed by atoms with E-state index >= 15 is 0 Å². The molecule has 4 heteroatoms. The van der Waals surface area contributed by atoms with Crippen LogP contribution in [0.4, 0.5) is 0 Å². The standard InChI is InChI=1S/C14H25N3O/c18-14-2-1-13-11-16(9-10-17(13)14)8-5-12-3-6-15-7-4-12/h12-13,15H,1-11H2. The maximum Gasteiger partial charge on any atom is 0.222 e. The minimum absolute atomic E-state index is 0.387. The number of carbonyl (C=O) groups excluding carboxylic acids is 1. The Morgan fingerprint density at radius 1 is 1.17 bits per heavy atom. The lowest BCUT2D eigenvalue weighted by Crippen LogP contribution is -2.51. The van der Waals surface area contributed by atoms with E-state index in [1.807, 2.05) is 0 Å². The number of hydrogen-bond donors (Lipinski definition) is 1. The van der Waals surface area contributed by atoms with E-state index in [2.05, 4.69) is 15.1 Å². The van der Waals surface area contributed by atoms with Crippen LogP contribution in [0.15, 0.2) is 0 Å². The summed E-state index contributed by atoms with van der Waals surface area (Å²) in [5, 5.41) is 3.43. The molecule has 3 saturated heterocycles. The Balaban J connectivity index is 1.43. The number of piperidine rings is 1. The Labute approximate surface area is 110 Å². The molecule has 0 aromatic carbocycles. The third-order valence-electron chi connectivity index (χ3n) is 4.89. The topological polar surface area (TPSA) is 35.6 Å². The van der Waals surface area contributed by atoms with Gasteiger partial charge in [0.1, 0.15) is 0 Å². The fourth-order valence-corrected chi connectivity index (χ4v) is 3.67. The van der Waals surface area contributed by atoms with Crippen molar-refractivity contribution in [2.45, 2.75) is 38.1 Å². The van der Waals surface area contributed by atoms with Gasteiger partial charge in [-0.15, -0.1) is 0 Å². The van der Waals surface area contributed by atoms with Crippen LogP contribution in [-0.2, 0) is 4.79 Å². The zero-order chi connectivity index (χ0) is 12.4. The average molecular weight is 251 g/mol. The van der Waals surface area contributed by atoms with Crippen LogP contribution in [-0.4, -0.2) is 61.0 Å². The second-order valence-corrected chi connectivity index (χ2v) is 6.06. The summed E-state index contributed by atoms with van der Waals surface area (Å²) < 4.78 is 0. The lowest BCUT2D eigenvalue weighted by Gasteiger charge is -2.38. The third kappa shape index (κ3) is 2.69. The van der Waals surface area contributed by atoms with Crippen LogP contribution in [0.25, 0.3) is 0 Å². The summed E-state index contributed by atoms with van der Waals surface area (Å²) in [5.74, 6) is 1.31. The molecule has 18 heavy (non-hydrogen) atoms. The van der Waals surface area contributed by atoms with Crippen LogP contribution in [0, 0.1) is 5.92 Å². The molecule has 0 aliphatic carbocycles. The molecule has 3 heterocycles. The van der Waals surface area contributed by atoms with E-state index in [1.165, 1.54) is 38.9 Å². The molecule has 3 fully saturated rings. The molecule has 4 nitrogen and oxygen atoms in total. The van der Waals surface area contributed by atoms with E-state index in [0.29, 0.717) is 11.9 Å². The summed E-state index contributed by atoms with van der Waals surface area (Å²) in [7, 11) is 0. The van der Waals surface area contributed by atoms with Crippen molar-refractivity contribution in [2.75, 3.05) is 39.3 Å². The van der Waals surface area contributed by atoms with Gasteiger partial charge in [-0.3, -0.25) is 9.69 Å². The number of rotatable bonds is 3. The molecule has 3 aliphatic heterocycles. The molecule has 1 N–H and O–H groups in total. The zero-order valence-corrected chi connectivity index (χ0v) is 11.2. The molecular formula is C14H25N3O. The van der Waals surface area contributed by atoms with E-state index < -0.39 is 0 Å². The lowest BCUT2D eigenvalue weighted by molar-refractivity contribution is -0.130. The van der Waals surface area contributed by atoms with Gasteiger partial charge < -0.3 is 10.2 Å². The molecule has 3 aliphatic rings. The first-order valence-corrected chi connectivity index (χ1v) is 7.55. The number of piperazine rings is 1. The maximum absolute atomic E-state index is 11.6. The molecule has 0 bridgehead atoms. The number of fused-ring (bicyclic) bond motifs is 1. The van der Waals surface area contributed by atoms with Crippen LogP contribution in [0.2, 0.25) is 0 Å². The van der Waals surface area contributed by atoms with E-state index in [0.717, 1.165) is 38.4 Å². The van der Waals surface area contributed by atoms with Gasteiger partial charge in [0, 0.05) is 32.1 Å². The second kappa shape index (κ2) is 5.57. The predicted octanol–water partition coefficient (Wildman–Crippen LogP) is 0.683. The highest BCUT2D eigenvalue weighted by molar-refractivity contribution is 5.78. The molecule has 0 spiro atoms. The minimum atomic E-state index is 0.387. The van der Waals surface area contributed by atoms with Crippen molar-refractivity contribution in [1.82, 2.24) is 15.1 Å². The Hall–Kier alpha value is -0.610. The number of hydrogen-bond acceptors (Lipinski definition) is 3. The minimum Gasteiger partial charge on any atom is -0.337 e. The summed E-state index contributed by atoms with van der Waals surface area (Å²) in [5.41, 5.74) is 0. The van der Waals surface area contributed by atoms with Gasteiger partial charge >= 0.3 is 0 Å². The van der Waals surface area contributed by atoms with E-state index in [-0.39, 0.29) is 0 Å². The van der Waals surface area contributed by atoms with Gasteiger partial charge in [0.15, 0.2) is 0 Å².